The molecule has 1 aliphatic rings. The Kier molecular flexibility index (Phi) is 3.37. The van der Waals surface area contributed by atoms with Gasteiger partial charge >= 0.3 is 0 Å². The summed E-state index contributed by atoms with van der Waals surface area (Å²) < 4.78 is 0. The molecule has 0 amide bonds. The van der Waals surface area contributed by atoms with E-state index in [1.54, 1.807) is 23.5 Å². The van der Waals surface area contributed by atoms with Crippen LogP contribution in [0.1, 0.15) is 33.4 Å². The first-order valence-electron chi connectivity index (χ1n) is 5.89. The minimum absolute atomic E-state index is 0.484. The molecule has 1 heterocycles. The van der Waals surface area contributed by atoms with Crippen molar-refractivity contribution < 1.29 is 5.11 Å². The number of aliphatic hydroxyl groups excluding tert-OH is 1. The molecule has 1 atom stereocenters. The summed E-state index contributed by atoms with van der Waals surface area (Å²) >= 11 is 13.6. The maximum absolute atomic E-state index is 10.4. The molecule has 1 aliphatic carbocycles. The summed E-state index contributed by atoms with van der Waals surface area (Å²) in [6, 6.07) is 7.41. The second kappa shape index (κ2) is 4.86. The van der Waals surface area contributed by atoms with Gasteiger partial charge in [-0.1, -0.05) is 29.3 Å². The Morgan fingerprint density at radius 3 is 2.67 bits per heavy atom. The van der Waals surface area contributed by atoms with E-state index in [1.165, 1.54) is 16.9 Å². The molecule has 1 N–H and O–H groups in total. The molecule has 0 radical (unpaired) electrons. The third kappa shape index (κ3) is 2.19. The van der Waals surface area contributed by atoms with Crippen molar-refractivity contribution in [1.29, 1.82) is 0 Å². The highest BCUT2D eigenvalue weighted by Crippen LogP contribution is 2.37. The standard InChI is InChI=1S/C14H12Cl2OS/c15-10-5-4-9(6-11(10)16)14(17)13-7-8-2-1-3-12(8)18-13/h4-7,14,17H,1-3H2. The van der Waals surface area contributed by atoms with Gasteiger partial charge in [0.25, 0.3) is 0 Å². The minimum atomic E-state index is -0.602. The Labute approximate surface area is 120 Å². The summed E-state index contributed by atoms with van der Waals surface area (Å²) in [6.07, 6.45) is 2.92. The van der Waals surface area contributed by atoms with Gasteiger partial charge in [0.1, 0.15) is 6.10 Å². The highest BCUT2D eigenvalue weighted by Gasteiger charge is 2.20. The largest absolute Gasteiger partial charge is 0.383 e. The van der Waals surface area contributed by atoms with E-state index in [1.807, 2.05) is 6.07 Å². The Balaban J connectivity index is 1.93. The van der Waals surface area contributed by atoms with Crippen LogP contribution in [0.4, 0.5) is 0 Å². The lowest BCUT2D eigenvalue weighted by Crippen LogP contribution is -1.97. The maximum atomic E-state index is 10.4. The lowest BCUT2D eigenvalue weighted by Gasteiger charge is -2.10. The van der Waals surface area contributed by atoms with Crippen LogP contribution < -0.4 is 0 Å². The van der Waals surface area contributed by atoms with E-state index in [0.717, 1.165) is 23.3 Å². The third-order valence-electron chi connectivity index (χ3n) is 3.29. The summed E-state index contributed by atoms with van der Waals surface area (Å²) in [4.78, 5) is 2.42. The first-order chi connectivity index (χ1) is 8.65. The van der Waals surface area contributed by atoms with E-state index in [-0.39, 0.29) is 0 Å². The second-order valence-corrected chi connectivity index (χ2v) is 6.51. The zero-order chi connectivity index (χ0) is 12.7. The Bertz CT molecular complexity index is 570. The molecule has 2 aromatic rings. The number of aliphatic hydroxyl groups is 1. The average molecular weight is 299 g/mol. The van der Waals surface area contributed by atoms with Gasteiger partial charge in [-0.15, -0.1) is 11.3 Å². The smallest absolute Gasteiger partial charge is 0.113 e. The van der Waals surface area contributed by atoms with Crippen molar-refractivity contribution in [2.24, 2.45) is 0 Å². The molecular weight excluding hydrogens is 287 g/mol. The van der Waals surface area contributed by atoms with Crippen LogP contribution in [0.5, 0.6) is 0 Å². The number of aryl methyl sites for hydroxylation is 2. The fraction of sp³-hybridized carbons (Fsp3) is 0.286. The zero-order valence-corrected chi connectivity index (χ0v) is 11.9. The van der Waals surface area contributed by atoms with Crippen LogP contribution in [0, 0.1) is 0 Å². The summed E-state index contributed by atoms with van der Waals surface area (Å²) in [5.74, 6) is 0. The van der Waals surface area contributed by atoms with Gasteiger partial charge in [-0.05, 0) is 48.6 Å². The number of fused-ring (bicyclic) bond motifs is 1. The van der Waals surface area contributed by atoms with Crippen LogP contribution in [-0.4, -0.2) is 5.11 Å². The molecule has 18 heavy (non-hydrogen) atoms. The van der Waals surface area contributed by atoms with Gasteiger partial charge in [0.2, 0.25) is 0 Å². The number of hydrogen-bond acceptors (Lipinski definition) is 2. The van der Waals surface area contributed by atoms with Gasteiger partial charge < -0.3 is 5.11 Å². The van der Waals surface area contributed by atoms with Crippen LogP contribution in [0.25, 0.3) is 0 Å². The fourth-order valence-electron chi connectivity index (χ4n) is 2.33. The molecular formula is C14H12Cl2OS. The van der Waals surface area contributed by atoms with Crippen LogP contribution in [0.3, 0.4) is 0 Å². The highest BCUT2D eigenvalue weighted by molar-refractivity contribution is 7.12. The van der Waals surface area contributed by atoms with Crippen LogP contribution in [-0.2, 0) is 12.8 Å². The van der Waals surface area contributed by atoms with Crippen molar-refractivity contribution in [3.63, 3.8) is 0 Å². The molecule has 3 rings (SSSR count). The molecule has 0 saturated carbocycles. The minimum Gasteiger partial charge on any atom is -0.383 e. The molecule has 4 heteroatoms. The van der Waals surface area contributed by atoms with Crippen molar-refractivity contribution in [2.75, 3.05) is 0 Å². The summed E-state index contributed by atoms with van der Waals surface area (Å²) in [5, 5.41) is 11.4. The lowest BCUT2D eigenvalue weighted by molar-refractivity contribution is 0.224. The van der Waals surface area contributed by atoms with Crippen molar-refractivity contribution in [3.8, 4) is 0 Å². The molecule has 1 unspecified atom stereocenters. The zero-order valence-electron chi connectivity index (χ0n) is 9.62. The first kappa shape index (κ1) is 12.5. The van der Waals surface area contributed by atoms with Crippen molar-refractivity contribution in [1.82, 2.24) is 0 Å². The quantitative estimate of drug-likeness (QED) is 0.857. The Morgan fingerprint density at radius 2 is 1.94 bits per heavy atom. The van der Waals surface area contributed by atoms with E-state index in [0.29, 0.717) is 10.0 Å². The van der Waals surface area contributed by atoms with Crippen LogP contribution in [0.15, 0.2) is 24.3 Å². The van der Waals surface area contributed by atoms with E-state index < -0.39 is 6.10 Å². The molecule has 0 bridgehead atoms. The normalized spacial score (nSPS) is 15.7. The second-order valence-electron chi connectivity index (χ2n) is 4.53. The van der Waals surface area contributed by atoms with Gasteiger partial charge in [-0.25, -0.2) is 0 Å². The number of halogens is 2. The maximum Gasteiger partial charge on any atom is 0.113 e. The van der Waals surface area contributed by atoms with Gasteiger partial charge in [0.05, 0.1) is 10.0 Å². The van der Waals surface area contributed by atoms with Crippen molar-refractivity contribution in [2.45, 2.75) is 25.4 Å². The van der Waals surface area contributed by atoms with Gasteiger partial charge in [-0.2, -0.15) is 0 Å². The van der Waals surface area contributed by atoms with Crippen LogP contribution >= 0.6 is 34.5 Å². The third-order valence-corrected chi connectivity index (χ3v) is 5.32. The van der Waals surface area contributed by atoms with Gasteiger partial charge in [-0.3, -0.25) is 0 Å². The molecule has 0 fully saturated rings. The van der Waals surface area contributed by atoms with Crippen LogP contribution in [0.2, 0.25) is 10.0 Å². The number of thiophene rings is 1. The van der Waals surface area contributed by atoms with Gasteiger partial charge in [0, 0.05) is 9.75 Å². The van der Waals surface area contributed by atoms with E-state index in [4.69, 9.17) is 23.2 Å². The summed E-state index contributed by atoms with van der Waals surface area (Å²) in [7, 11) is 0. The molecule has 1 nitrogen and oxygen atoms in total. The summed E-state index contributed by atoms with van der Waals surface area (Å²) in [5.41, 5.74) is 2.19. The topological polar surface area (TPSA) is 20.2 Å². The molecule has 0 aliphatic heterocycles. The molecule has 1 aromatic heterocycles. The van der Waals surface area contributed by atoms with Crippen molar-refractivity contribution in [3.05, 3.63) is 55.2 Å². The average Bonchev–Trinajstić information content (AvgIpc) is 2.92. The Hall–Kier alpha value is -0.540. The molecule has 0 spiro atoms. The predicted molar refractivity (Wildman–Crippen MR) is 76.9 cm³/mol. The van der Waals surface area contributed by atoms with E-state index >= 15 is 0 Å². The monoisotopic (exact) mass is 298 g/mol. The molecule has 94 valence electrons. The summed E-state index contributed by atoms with van der Waals surface area (Å²) in [6.45, 7) is 0. The van der Waals surface area contributed by atoms with Crippen molar-refractivity contribution >= 4 is 34.5 Å². The highest BCUT2D eigenvalue weighted by atomic mass is 35.5. The predicted octanol–water partition coefficient (Wildman–Crippen LogP) is 4.63. The van der Waals surface area contributed by atoms with E-state index in [2.05, 4.69) is 6.07 Å². The fourth-order valence-corrected chi connectivity index (χ4v) is 3.91. The Morgan fingerprint density at radius 1 is 1.11 bits per heavy atom. The van der Waals surface area contributed by atoms with Gasteiger partial charge in [0.15, 0.2) is 0 Å². The molecule has 1 aromatic carbocycles. The number of hydrogen-bond donors (Lipinski definition) is 1. The number of rotatable bonds is 2. The molecule has 0 saturated heterocycles. The number of benzene rings is 1. The first-order valence-corrected chi connectivity index (χ1v) is 7.47. The SMILES string of the molecule is OC(c1ccc(Cl)c(Cl)c1)c1cc2c(s1)CCC2. The lowest BCUT2D eigenvalue weighted by atomic mass is 10.1. The van der Waals surface area contributed by atoms with E-state index in [9.17, 15) is 5.11 Å².